The molecule has 2 unspecified atom stereocenters. The van der Waals surface area contributed by atoms with Crippen molar-refractivity contribution in [2.45, 2.75) is 38.8 Å². The van der Waals surface area contributed by atoms with E-state index in [9.17, 15) is 0 Å². The normalized spacial score (nSPS) is 28.3. The summed E-state index contributed by atoms with van der Waals surface area (Å²) in [6.45, 7) is 5.72. The quantitative estimate of drug-likeness (QED) is 0.754. The summed E-state index contributed by atoms with van der Waals surface area (Å²) in [6, 6.07) is 5.44. The summed E-state index contributed by atoms with van der Waals surface area (Å²) in [5, 5.41) is 1.23. The Morgan fingerprint density at radius 2 is 1.69 bits per heavy atom. The van der Waals surface area contributed by atoms with Gasteiger partial charge in [-0.3, -0.25) is 0 Å². The zero-order valence-corrected chi connectivity index (χ0v) is 11.0. The average Bonchev–Trinajstić information content (AvgIpc) is 2.39. The molecule has 0 bridgehead atoms. The minimum atomic E-state index is -0.591. The van der Waals surface area contributed by atoms with Crippen molar-refractivity contribution in [3.63, 3.8) is 0 Å². The van der Waals surface area contributed by atoms with E-state index in [0.29, 0.717) is 10.0 Å². The van der Waals surface area contributed by atoms with Gasteiger partial charge in [0.15, 0.2) is 5.79 Å². The predicted octanol–water partition coefficient (Wildman–Crippen LogP) is 4.21. The molecule has 0 radical (unpaired) electrons. The van der Waals surface area contributed by atoms with E-state index in [-0.39, 0.29) is 12.2 Å². The molecule has 1 saturated heterocycles. The van der Waals surface area contributed by atoms with Crippen molar-refractivity contribution >= 4 is 23.2 Å². The summed E-state index contributed by atoms with van der Waals surface area (Å²) >= 11 is 12.3. The molecule has 2 rings (SSSR count). The molecule has 0 saturated carbocycles. The molecule has 4 heteroatoms. The van der Waals surface area contributed by atoms with Crippen molar-refractivity contribution in [3.8, 4) is 0 Å². The van der Waals surface area contributed by atoms with Crippen molar-refractivity contribution in [2.24, 2.45) is 0 Å². The maximum Gasteiger partial charge on any atom is 0.164 e. The first-order valence-corrected chi connectivity index (χ1v) is 5.96. The maximum atomic E-state index is 6.15. The molecule has 0 N–H and O–H groups in total. The summed E-state index contributed by atoms with van der Waals surface area (Å²) < 4.78 is 11.5. The molecule has 1 fully saturated rings. The van der Waals surface area contributed by atoms with Crippen LogP contribution in [0.25, 0.3) is 0 Å². The fraction of sp³-hybridized carbons (Fsp3) is 0.500. The van der Waals surface area contributed by atoms with Crippen LogP contribution in [-0.2, 0) is 9.47 Å². The summed E-state index contributed by atoms with van der Waals surface area (Å²) in [5.74, 6) is -0.591. The Balaban J connectivity index is 2.39. The molecule has 0 aliphatic carbocycles. The monoisotopic (exact) mass is 260 g/mol. The second kappa shape index (κ2) is 4.19. The maximum absolute atomic E-state index is 6.15. The molecule has 2 nitrogen and oxygen atoms in total. The number of ether oxygens (including phenoxy) is 2. The summed E-state index contributed by atoms with van der Waals surface area (Å²) in [4.78, 5) is 0. The highest BCUT2D eigenvalue weighted by Crippen LogP contribution is 2.43. The van der Waals surface area contributed by atoms with Gasteiger partial charge in [0, 0.05) is 15.6 Å². The van der Waals surface area contributed by atoms with Gasteiger partial charge in [0.25, 0.3) is 0 Å². The zero-order valence-electron chi connectivity index (χ0n) is 9.46. The van der Waals surface area contributed by atoms with E-state index < -0.39 is 5.79 Å². The molecule has 0 aromatic heterocycles. The van der Waals surface area contributed by atoms with Crippen LogP contribution in [0.15, 0.2) is 18.2 Å². The van der Waals surface area contributed by atoms with Crippen LogP contribution in [0.5, 0.6) is 0 Å². The Morgan fingerprint density at radius 3 is 2.12 bits per heavy atom. The lowest BCUT2D eigenvalue weighted by Gasteiger charge is -2.18. The molecule has 2 atom stereocenters. The first-order valence-electron chi connectivity index (χ1n) is 5.20. The Hall–Kier alpha value is -0.280. The van der Waals surface area contributed by atoms with Gasteiger partial charge < -0.3 is 9.47 Å². The SMILES string of the molecule is CC1OC(C)(C)OC1c1c(Cl)cccc1Cl. The Bertz CT molecular complexity index is 384. The zero-order chi connectivity index (χ0) is 11.9. The smallest absolute Gasteiger partial charge is 0.164 e. The van der Waals surface area contributed by atoms with Crippen LogP contribution in [-0.4, -0.2) is 11.9 Å². The average molecular weight is 261 g/mol. The lowest BCUT2D eigenvalue weighted by atomic mass is 10.1. The number of rotatable bonds is 1. The molecule has 16 heavy (non-hydrogen) atoms. The molecule has 0 spiro atoms. The second-order valence-corrected chi connectivity index (χ2v) is 5.21. The second-order valence-electron chi connectivity index (χ2n) is 4.40. The standard InChI is InChI=1S/C12H14Cl2O2/c1-7-11(16-12(2,3)15-7)10-8(13)5-4-6-9(10)14/h4-7,11H,1-3H3. The van der Waals surface area contributed by atoms with Crippen LogP contribution in [0.2, 0.25) is 10.0 Å². The van der Waals surface area contributed by atoms with Crippen molar-refractivity contribution in [2.75, 3.05) is 0 Å². The molecule has 1 aliphatic rings. The van der Waals surface area contributed by atoms with Gasteiger partial charge in [0.2, 0.25) is 0 Å². The van der Waals surface area contributed by atoms with E-state index in [1.165, 1.54) is 0 Å². The van der Waals surface area contributed by atoms with Gasteiger partial charge >= 0.3 is 0 Å². The molecular weight excluding hydrogens is 247 g/mol. The number of hydrogen-bond donors (Lipinski definition) is 0. The Morgan fingerprint density at radius 1 is 1.12 bits per heavy atom. The molecule has 0 amide bonds. The van der Waals surface area contributed by atoms with Crippen LogP contribution < -0.4 is 0 Å². The lowest BCUT2D eigenvalue weighted by molar-refractivity contribution is -0.145. The lowest BCUT2D eigenvalue weighted by Crippen LogP contribution is -2.20. The topological polar surface area (TPSA) is 18.5 Å². The van der Waals surface area contributed by atoms with Gasteiger partial charge in [0.05, 0.1) is 6.10 Å². The van der Waals surface area contributed by atoms with Crippen LogP contribution in [0.3, 0.4) is 0 Å². The number of hydrogen-bond acceptors (Lipinski definition) is 2. The van der Waals surface area contributed by atoms with Gasteiger partial charge in [0.1, 0.15) is 6.10 Å². The third-order valence-corrected chi connectivity index (χ3v) is 3.25. The van der Waals surface area contributed by atoms with Crippen molar-refractivity contribution in [1.82, 2.24) is 0 Å². The van der Waals surface area contributed by atoms with Crippen LogP contribution in [0, 0.1) is 0 Å². The van der Waals surface area contributed by atoms with E-state index in [0.717, 1.165) is 5.56 Å². The van der Waals surface area contributed by atoms with E-state index in [4.69, 9.17) is 32.7 Å². The summed E-state index contributed by atoms with van der Waals surface area (Å²) in [7, 11) is 0. The molecule has 1 aliphatic heterocycles. The third-order valence-electron chi connectivity index (χ3n) is 2.59. The highest BCUT2D eigenvalue weighted by Gasteiger charge is 2.41. The van der Waals surface area contributed by atoms with Gasteiger partial charge in [-0.1, -0.05) is 29.3 Å². The van der Waals surface area contributed by atoms with E-state index in [1.807, 2.05) is 39.0 Å². The predicted molar refractivity (Wildman–Crippen MR) is 64.9 cm³/mol. The highest BCUT2D eigenvalue weighted by atomic mass is 35.5. The van der Waals surface area contributed by atoms with Gasteiger partial charge in [-0.05, 0) is 32.9 Å². The van der Waals surface area contributed by atoms with Gasteiger partial charge in [-0.2, -0.15) is 0 Å². The molecule has 1 heterocycles. The molecule has 88 valence electrons. The van der Waals surface area contributed by atoms with Crippen LogP contribution in [0.4, 0.5) is 0 Å². The number of benzene rings is 1. The minimum absolute atomic E-state index is 0.0626. The van der Waals surface area contributed by atoms with Crippen molar-refractivity contribution in [1.29, 1.82) is 0 Å². The van der Waals surface area contributed by atoms with E-state index in [2.05, 4.69) is 0 Å². The fourth-order valence-corrected chi connectivity index (χ4v) is 2.63. The van der Waals surface area contributed by atoms with Gasteiger partial charge in [-0.15, -0.1) is 0 Å². The largest absolute Gasteiger partial charge is 0.344 e. The Labute approximate surface area is 105 Å². The molecular formula is C12H14Cl2O2. The first kappa shape index (κ1) is 12.2. The van der Waals surface area contributed by atoms with Crippen molar-refractivity contribution < 1.29 is 9.47 Å². The van der Waals surface area contributed by atoms with E-state index >= 15 is 0 Å². The van der Waals surface area contributed by atoms with Gasteiger partial charge in [-0.25, -0.2) is 0 Å². The summed E-state index contributed by atoms with van der Waals surface area (Å²) in [5.41, 5.74) is 0.809. The van der Waals surface area contributed by atoms with Crippen LogP contribution >= 0.6 is 23.2 Å². The Kier molecular flexibility index (Phi) is 3.19. The minimum Gasteiger partial charge on any atom is -0.344 e. The summed E-state index contributed by atoms with van der Waals surface area (Å²) in [6.07, 6.45) is -0.274. The molecule has 1 aromatic rings. The fourth-order valence-electron chi connectivity index (χ4n) is 2.01. The number of halogens is 2. The van der Waals surface area contributed by atoms with E-state index in [1.54, 1.807) is 0 Å². The molecule has 1 aromatic carbocycles. The third kappa shape index (κ3) is 2.21. The van der Waals surface area contributed by atoms with Crippen molar-refractivity contribution in [3.05, 3.63) is 33.8 Å². The van der Waals surface area contributed by atoms with Crippen LogP contribution in [0.1, 0.15) is 32.4 Å². The first-order chi connectivity index (χ1) is 7.41. The highest BCUT2D eigenvalue weighted by molar-refractivity contribution is 6.36.